The van der Waals surface area contributed by atoms with Gasteiger partial charge in [0.2, 0.25) is 0 Å². The van der Waals surface area contributed by atoms with Crippen LogP contribution in [0.3, 0.4) is 0 Å². The molecular weight excluding hydrogens is 330 g/mol. The lowest BCUT2D eigenvalue weighted by Crippen LogP contribution is -2.34. The highest BCUT2D eigenvalue weighted by atomic mass is 16.6. The van der Waals surface area contributed by atoms with Crippen molar-refractivity contribution in [1.29, 1.82) is 0 Å². The molecule has 138 valence electrons. The van der Waals surface area contributed by atoms with Crippen LogP contribution in [0.1, 0.15) is 61.3 Å². The number of hydrogen-bond acceptors (Lipinski definition) is 4. The monoisotopic (exact) mass is 355 g/mol. The Morgan fingerprint density at radius 3 is 2.23 bits per heavy atom. The van der Waals surface area contributed by atoms with E-state index in [9.17, 15) is 14.7 Å². The molecule has 0 saturated carbocycles. The quantitative estimate of drug-likeness (QED) is 0.789. The van der Waals surface area contributed by atoms with E-state index in [4.69, 9.17) is 4.74 Å². The van der Waals surface area contributed by atoms with Gasteiger partial charge in [-0.2, -0.15) is 0 Å². The maximum atomic E-state index is 12.4. The normalized spacial score (nSPS) is 13.6. The number of ketones is 1. The summed E-state index contributed by atoms with van der Waals surface area (Å²) in [6.45, 7) is 7.20. The molecule has 0 saturated heterocycles. The molecule has 2 atom stereocenters. The number of alkyl carbamates (subject to hydrolysis) is 1. The van der Waals surface area contributed by atoms with Gasteiger partial charge in [-0.05, 0) is 38.8 Å². The molecule has 5 nitrogen and oxygen atoms in total. The second-order valence-corrected chi connectivity index (χ2v) is 7.17. The first kappa shape index (κ1) is 19.7. The van der Waals surface area contributed by atoms with E-state index in [1.165, 1.54) is 0 Å². The van der Waals surface area contributed by atoms with Gasteiger partial charge in [-0.3, -0.25) is 4.79 Å². The average molecular weight is 355 g/mol. The fourth-order valence-corrected chi connectivity index (χ4v) is 2.48. The number of rotatable bonds is 5. The first-order valence-electron chi connectivity index (χ1n) is 8.54. The Labute approximate surface area is 154 Å². The Morgan fingerprint density at radius 2 is 1.62 bits per heavy atom. The Balaban J connectivity index is 2.11. The van der Waals surface area contributed by atoms with E-state index in [0.29, 0.717) is 11.1 Å². The smallest absolute Gasteiger partial charge is 0.408 e. The topological polar surface area (TPSA) is 75.6 Å². The molecule has 0 fully saturated rings. The molecule has 0 aliphatic heterocycles. The number of benzene rings is 2. The van der Waals surface area contributed by atoms with Gasteiger partial charge in [-0.1, -0.05) is 54.6 Å². The van der Waals surface area contributed by atoms with Crippen LogP contribution in [0, 0.1) is 0 Å². The third-order valence-electron chi connectivity index (χ3n) is 3.77. The lowest BCUT2D eigenvalue weighted by molar-refractivity contribution is 0.0507. The fourth-order valence-electron chi connectivity index (χ4n) is 2.48. The number of aliphatic hydroxyl groups excluding tert-OH is 1. The summed E-state index contributed by atoms with van der Waals surface area (Å²) in [6.07, 6.45) is -1.78. The van der Waals surface area contributed by atoms with Crippen LogP contribution in [0.2, 0.25) is 0 Å². The summed E-state index contributed by atoms with van der Waals surface area (Å²) in [5, 5.41) is 13.2. The Bertz CT molecular complexity index is 765. The van der Waals surface area contributed by atoms with E-state index in [1.54, 1.807) is 63.2 Å². The zero-order valence-electron chi connectivity index (χ0n) is 15.5. The van der Waals surface area contributed by atoms with E-state index in [1.807, 2.05) is 19.1 Å². The van der Waals surface area contributed by atoms with Gasteiger partial charge in [0.15, 0.2) is 5.78 Å². The number of amides is 1. The highest BCUT2D eigenvalue weighted by Crippen LogP contribution is 2.22. The molecule has 0 spiro atoms. The summed E-state index contributed by atoms with van der Waals surface area (Å²) >= 11 is 0. The number of ether oxygens (including phenoxy) is 1. The first-order valence-corrected chi connectivity index (χ1v) is 8.54. The summed E-state index contributed by atoms with van der Waals surface area (Å²) in [7, 11) is 0. The molecule has 2 unspecified atom stereocenters. The average Bonchev–Trinajstić information content (AvgIpc) is 2.59. The molecule has 0 radical (unpaired) electrons. The van der Waals surface area contributed by atoms with Gasteiger partial charge < -0.3 is 15.2 Å². The predicted octanol–water partition coefficient (Wildman–Crippen LogP) is 4.19. The van der Waals surface area contributed by atoms with Crippen molar-refractivity contribution in [2.75, 3.05) is 0 Å². The second kappa shape index (κ2) is 8.15. The molecule has 0 aliphatic rings. The minimum absolute atomic E-state index is 0.330. The first-order chi connectivity index (χ1) is 12.2. The summed E-state index contributed by atoms with van der Waals surface area (Å²) < 4.78 is 5.25. The van der Waals surface area contributed by atoms with E-state index in [0.717, 1.165) is 5.56 Å². The highest BCUT2D eigenvalue weighted by Gasteiger charge is 2.21. The molecule has 2 N–H and O–H groups in total. The standard InChI is InChI=1S/C21H25NO4/c1-14(22-20(25)26-21(2,3)4)16-11-8-12-17(13-16)19(24)18(23)15-9-6-5-7-10-15/h5-14,19,24H,1-4H3,(H,22,25). The molecule has 1 amide bonds. The number of carbonyl (C=O) groups is 2. The van der Waals surface area contributed by atoms with Crippen molar-refractivity contribution >= 4 is 11.9 Å². The van der Waals surface area contributed by atoms with Crippen molar-refractivity contribution in [1.82, 2.24) is 5.32 Å². The van der Waals surface area contributed by atoms with Crippen molar-refractivity contribution < 1.29 is 19.4 Å². The van der Waals surface area contributed by atoms with Crippen molar-refractivity contribution in [3.8, 4) is 0 Å². The number of hydrogen-bond donors (Lipinski definition) is 2. The molecule has 5 heteroatoms. The summed E-state index contributed by atoms with van der Waals surface area (Å²) in [6, 6.07) is 15.3. The van der Waals surface area contributed by atoms with Crippen molar-refractivity contribution in [3.05, 3.63) is 71.3 Å². The van der Waals surface area contributed by atoms with E-state index >= 15 is 0 Å². The van der Waals surface area contributed by atoms with Crippen LogP contribution in [0.25, 0.3) is 0 Å². The Kier molecular flexibility index (Phi) is 6.16. The largest absolute Gasteiger partial charge is 0.444 e. The summed E-state index contributed by atoms with van der Waals surface area (Å²) in [4.78, 5) is 24.3. The summed E-state index contributed by atoms with van der Waals surface area (Å²) in [5.74, 6) is -0.365. The Morgan fingerprint density at radius 1 is 1.00 bits per heavy atom. The molecule has 2 rings (SSSR count). The van der Waals surface area contributed by atoms with Gasteiger partial charge in [0, 0.05) is 5.56 Å². The van der Waals surface area contributed by atoms with Gasteiger partial charge >= 0.3 is 6.09 Å². The predicted molar refractivity (Wildman–Crippen MR) is 100.0 cm³/mol. The van der Waals surface area contributed by atoms with Crippen LogP contribution in [0.15, 0.2) is 54.6 Å². The second-order valence-electron chi connectivity index (χ2n) is 7.17. The number of aliphatic hydroxyl groups is 1. The Hall–Kier alpha value is -2.66. The van der Waals surface area contributed by atoms with Gasteiger partial charge in [0.1, 0.15) is 11.7 Å². The van der Waals surface area contributed by atoms with Gasteiger partial charge in [0.05, 0.1) is 6.04 Å². The number of Topliss-reactive ketones (excluding diaryl/α,β-unsaturated/α-hetero) is 1. The third kappa shape index (κ3) is 5.43. The van der Waals surface area contributed by atoms with Gasteiger partial charge in [-0.15, -0.1) is 0 Å². The fraction of sp³-hybridized carbons (Fsp3) is 0.333. The van der Waals surface area contributed by atoms with Crippen LogP contribution >= 0.6 is 0 Å². The molecule has 2 aromatic rings. The molecule has 0 bridgehead atoms. The zero-order chi connectivity index (χ0) is 19.3. The molecule has 2 aromatic carbocycles. The van der Waals surface area contributed by atoms with Crippen LogP contribution in [-0.2, 0) is 4.74 Å². The zero-order valence-corrected chi connectivity index (χ0v) is 15.5. The van der Waals surface area contributed by atoms with Gasteiger partial charge in [0.25, 0.3) is 0 Å². The van der Waals surface area contributed by atoms with Crippen LogP contribution in [-0.4, -0.2) is 22.6 Å². The van der Waals surface area contributed by atoms with Crippen molar-refractivity contribution in [2.45, 2.75) is 45.4 Å². The molecular formula is C21H25NO4. The van der Waals surface area contributed by atoms with E-state index in [2.05, 4.69) is 5.32 Å². The lowest BCUT2D eigenvalue weighted by atomic mass is 9.97. The minimum Gasteiger partial charge on any atom is -0.444 e. The van der Waals surface area contributed by atoms with Crippen molar-refractivity contribution in [2.24, 2.45) is 0 Å². The highest BCUT2D eigenvalue weighted by molar-refractivity contribution is 5.99. The number of nitrogens with one attached hydrogen (secondary N) is 1. The minimum atomic E-state index is -1.26. The molecule has 0 heterocycles. The van der Waals surface area contributed by atoms with Gasteiger partial charge in [-0.25, -0.2) is 4.79 Å². The molecule has 26 heavy (non-hydrogen) atoms. The van der Waals surface area contributed by atoms with Crippen LogP contribution < -0.4 is 5.32 Å². The maximum absolute atomic E-state index is 12.4. The number of carbonyl (C=O) groups excluding carboxylic acids is 2. The lowest BCUT2D eigenvalue weighted by Gasteiger charge is -2.22. The maximum Gasteiger partial charge on any atom is 0.408 e. The SMILES string of the molecule is CC(NC(=O)OC(C)(C)C)c1cccc(C(O)C(=O)c2ccccc2)c1. The van der Waals surface area contributed by atoms with Crippen LogP contribution in [0.5, 0.6) is 0 Å². The molecule has 0 aromatic heterocycles. The van der Waals surface area contributed by atoms with Crippen LogP contribution in [0.4, 0.5) is 4.79 Å². The van der Waals surface area contributed by atoms with Crippen molar-refractivity contribution in [3.63, 3.8) is 0 Å². The summed E-state index contributed by atoms with van der Waals surface area (Å²) in [5.41, 5.74) is 1.12. The van der Waals surface area contributed by atoms with E-state index in [-0.39, 0.29) is 11.8 Å². The van der Waals surface area contributed by atoms with E-state index < -0.39 is 17.8 Å². The third-order valence-corrected chi connectivity index (χ3v) is 3.77. The molecule has 0 aliphatic carbocycles.